The fourth-order valence-electron chi connectivity index (χ4n) is 2.25. The Morgan fingerprint density at radius 1 is 1.25 bits per heavy atom. The smallest absolute Gasteiger partial charge is 0.254 e. The largest absolute Gasteiger partial charge is 0.331 e. The fourth-order valence-corrected chi connectivity index (χ4v) is 2.69. The summed E-state index contributed by atoms with van der Waals surface area (Å²) in [5, 5.41) is 0. The minimum Gasteiger partial charge on any atom is -0.331 e. The summed E-state index contributed by atoms with van der Waals surface area (Å²) in [5.74, 6) is 0.0925. The number of nitrogens with zero attached hydrogens (tertiary/aromatic N) is 2. The topological polar surface area (TPSA) is 33.2 Å². The van der Waals surface area contributed by atoms with Crippen molar-refractivity contribution in [3.8, 4) is 0 Å². The molecule has 3 rings (SSSR count). The van der Waals surface area contributed by atoms with Crippen LogP contribution in [0.25, 0.3) is 0 Å². The lowest BCUT2D eigenvalue weighted by molar-refractivity contribution is 0.0730. The molecule has 1 aliphatic rings. The molecule has 1 aliphatic carbocycles. The Labute approximate surface area is 126 Å². The Kier molecular flexibility index (Phi) is 3.83. The van der Waals surface area contributed by atoms with Crippen LogP contribution in [0.3, 0.4) is 0 Å². The molecule has 1 fully saturated rings. The molecule has 20 heavy (non-hydrogen) atoms. The van der Waals surface area contributed by atoms with Gasteiger partial charge in [-0.2, -0.15) is 0 Å². The first kappa shape index (κ1) is 13.3. The molecule has 102 valence electrons. The van der Waals surface area contributed by atoms with E-state index in [1.807, 2.05) is 17.0 Å². The van der Waals surface area contributed by atoms with Crippen LogP contribution in [-0.4, -0.2) is 21.8 Å². The Bertz CT molecular complexity index is 611. The summed E-state index contributed by atoms with van der Waals surface area (Å²) in [5.41, 5.74) is 1.86. The lowest BCUT2D eigenvalue weighted by Crippen LogP contribution is -2.32. The molecular weight excluding hydrogens is 316 g/mol. The van der Waals surface area contributed by atoms with Gasteiger partial charge in [-0.3, -0.25) is 9.78 Å². The van der Waals surface area contributed by atoms with E-state index in [9.17, 15) is 4.79 Å². The predicted octanol–water partition coefficient (Wildman–Crippen LogP) is 3.65. The van der Waals surface area contributed by atoms with Crippen LogP contribution in [0.5, 0.6) is 0 Å². The van der Waals surface area contributed by atoms with Crippen LogP contribution in [0.2, 0.25) is 0 Å². The van der Waals surface area contributed by atoms with Gasteiger partial charge in [0.2, 0.25) is 0 Å². The van der Waals surface area contributed by atoms with Crippen LogP contribution in [0.1, 0.15) is 28.8 Å². The second-order valence-electron chi connectivity index (χ2n) is 5.03. The van der Waals surface area contributed by atoms with Gasteiger partial charge in [0.1, 0.15) is 0 Å². The molecule has 2 aromatic rings. The molecule has 4 heteroatoms. The van der Waals surface area contributed by atoms with Gasteiger partial charge in [0.25, 0.3) is 5.91 Å². The number of pyridine rings is 1. The first-order valence-corrected chi connectivity index (χ1v) is 7.49. The van der Waals surface area contributed by atoms with Gasteiger partial charge in [-0.05, 0) is 42.7 Å². The quantitative estimate of drug-likeness (QED) is 0.857. The molecule has 0 unspecified atom stereocenters. The minimum atomic E-state index is 0.0925. The van der Waals surface area contributed by atoms with Crippen molar-refractivity contribution in [2.75, 3.05) is 0 Å². The third-order valence-corrected chi connectivity index (χ3v) is 3.91. The molecule has 1 amide bonds. The third kappa shape index (κ3) is 3.07. The zero-order valence-corrected chi connectivity index (χ0v) is 12.6. The number of amides is 1. The lowest BCUT2D eigenvalue weighted by Gasteiger charge is -2.22. The molecule has 0 bridgehead atoms. The van der Waals surface area contributed by atoms with Gasteiger partial charge in [0.05, 0.1) is 0 Å². The van der Waals surface area contributed by atoms with Crippen LogP contribution in [0.15, 0.2) is 53.3 Å². The fraction of sp³-hybridized carbons (Fsp3) is 0.250. The molecule has 1 saturated carbocycles. The first-order valence-electron chi connectivity index (χ1n) is 6.69. The Hall–Kier alpha value is -1.68. The van der Waals surface area contributed by atoms with Crippen LogP contribution in [0, 0.1) is 0 Å². The maximum Gasteiger partial charge on any atom is 0.254 e. The van der Waals surface area contributed by atoms with Crippen molar-refractivity contribution in [1.82, 2.24) is 9.88 Å². The zero-order chi connectivity index (χ0) is 13.9. The van der Waals surface area contributed by atoms with Crippen molar-refractivity contribution in [2.45, 2.75) is 25.4 Å². The number of aromatic nitrogens is 1. The number of benzene rings is 1. The maximum absolute atomic E-state index is 12.6. The Balaban J connectivity index is 1.81. The van der Waals surface area contributed by atoms with Crippen molar-refractivity contribution in [3.63, 3.8) is 0 Å². The van der Waals surface area contributed by atoms with Crippen molar-refractivity contribution in [3.05, 3.63) is 64.4 Å². The second kappa shape index (κ2) is 5.75. The second-order valence-corrected chi connectivity index (χ2v) is 5.95. The van der Waals surface area contributed by atoms with E-state index < -0.39 is 0 Å². The van der Waals surface area contributed by atoms with Gasteiger partial charge in [-0.15, -0.1) is 0 Å². The minimum absolute atomic E-state index is 0.0925. The van der Waals surface area contributed by atoms with Gasteiger partial charge >= 0.3 is 0 Å². The number of carbonyl (C=O) groups is 1. The maximum atomic E-state index is 12.6. The molecular formula is C16H15BrN2O. The number of carbonyl (C=O) groups excluding carboxylic acids is 1. The summed E-state index contributed by atoms with van der Waals surface area (Å²) in [6.07, 6.45) is 5.53. The van der Waals surface area contributed by atoms with Gasteiger partial charge in [0, 0.05) is 35.0 Å². The highest BCUT2D eigenvalue weighted by Crippen LogP contribution is 2.30. The Morgan fingerprint density at radius 3 is 2.65 bits per heavy atom. The van der Waals surface area contributed by atoms with E-state index in [1.54, 1.807) is 24.5 Å². The average Bonchev–Trinajstić information content (AvgIpc) is 3.30. The standard InChI is InChI=1S/C16H15BrN2O/c17-14-3-1-2-12(10-14)11-19(15-4-5-15)16(20)13-6-8-18-9-7-13/h1-3,6-10,15H,4-5,11H2. The molecule has 0 aliphatic heterocycles. The summed E-state index contributed by atoms with van der Waals surface area (Å²) >= 11 is 3.47. The van der Waals surface area contributed by atoms with E-state index in [1.165, 1.54) is 0 Å². The van der Waals surface area contributed by atoms with Crippen LogP contribution in [-0.2, 0) is 6.54 Å². The molecule has 1 aromatic carbocycles. The van der Waals surface area contributed by atoms with Gasteiger partial charge in [-0.1, -0.05) is 28.1 Å². The van der Waals surface area contributed by atoms with E-state index >= 15 is 0 Å². The van der Waals surface area contributed by atoms with E-state index in [-0.39, 0.29) is 5.91 Å². The summed E-state index contributed by atoms with van der Waals surface area (Å²) in [4.78, 5) is 18.5. The average molecular weight is 331 g/mol. The van der Waals surface area contributed by atoms with Crippen LogP contribution in [0.4, 0.5) is 0 Å². The highest BCUT2D eigenvalue weighted by molar-refractivity contribution is 9.10. The monoisotopic (exact) mass is 330 g/mol. The van der Waals surface area contributed by atoms with Gasteiger partial charge in [0.15, 0.2) is 0 Å². The molecule has 0 saturated heterocycles. The van der Waals surface area contributed by atoms with Gasteiger partial charge in [-0.25, -0.2) is 0 Å². The third-order valence-electron chi connectivity index (χ3n) is 3.42. The van der Waals surface area contributed by atoms with Crippen LogP contribution < -0.4 is 0 Å². The SMILES string of the molecule is O=C(c1ccncc1)N(Cc1cccc(Br)c1)C1CC1. The van der Waals surface area contributed by atoms with E-state index in [0.29, 0.717) is 18.2 Å². The van der Waals surface area contributed by atoms with Crippen molar-refractivity contribution in [1.29, 1.82) is 0 Å². The summed E-state index contributed by atoms with van der Waals surface area (Å²) in [6.45, 7) is 0.658. The van der Waals surface area contributed by atoms with Gasteiger partial charge < -0.3 is 4.90 Å². The number of hydrogen-bond donors (Lipinski definition) is 0. The summed E-state index contributed by atoms with van der Waals surface area (Å²) in [7, 11) is 0. The van der Waals surface area contributed by atoms with E-state index in [0.717, 1.165) is 22.9 Å². The predicted molar refractivity (Wildman–Crippen MR) is 81.3 cm³/mol. The van der Waals surface area contributed by atoms with E-state index in [4.69, 9.17) is 0 Å². The summed E-state index contributed by atoms with van der Waals surface area (Å²) in [6, 6.07) is 12.1. The highest BCUT2D eigenvalue weighted by atomic mass is 79.9. The van der Waals surface area contributed by atoms with E-state index in [2.05, 4.69) is 33.0 Å². The summed E-state index contributed by atoms with van der Waals surface area (Å²) < 4.78 is 1.04. The lowest BCUT2D eigenvalue weighted by atomic mass is 10.1. The molecule has 1 heterocycles. The normalized spacial score (nSPS) is 14.1. The van der Waals surface area contributed by atoms with Crippen LogP contribution >= 0.6 is 15.9 Å². The number of rotatable bonds is 4. The molecule has 1 aromatic heterocycles. The van der Waals surface area contributed by atoms with Crippen molar-refractivity contribution < 1.29 is 4.79 Å². The highest BCUT2D eigenvalue weighted by Gasteiger charge is 2.33. The zero-order valence-electron chi connectivity index (χ0n) is 11.0. The molecule has 3 nitrogen and oxygen atoms in total. The molecule has 0 radical (unpaired) electrons. The Morgan fingerprint density at radius 2 is 2.00 bits per heavy atom. The number of halogens is 1. The molecule has 0 atom stereocenters. The molecule has 0 spiro atoms. The molecule has 0 N–H and O–H groups in total. The number of hydrogen-bond acceptors (Lipinski definition) is 2. The first-order chi connectivity index (χ1) is 9.74. The van der Waals surface area contributed by atoms with Crippen molar-refractivity contribution >= 4 is 21.8 Å². The van der Waals surface area contributed by atoms with Crippen molar-refractivity contribution in [2.24, 2.45) is 0 Å².